The molecule has 2 aromatic rings. The Hall–Kier alpha value is -2.20. The summed E-state index contributed by atoms with van der Waals surface area (Å²) in [5.74, 6) is -0.0391. The number of amides is 1. The normalized spacial score (nSPS) is 12.2. The minimum Gasteiger partial charge on any atom is -0.325 e. The Bertz CT molecular complexity index is 564. The van der Waals surface area contributed by atoms with E-state index >= 15 is 0 Å². The number of benzene rings is 1. The van der Waals surface area contributed by atoms with Crippen LogP contribution in [0.15, 0.2) is 48.8 Å². The number of carbonyl (C=O) groups excluding carboxylic acids is 1. The molecule has 0 aliphatic rings. The summed E-state index contributed by atoms with van der Waals surface area (Å²) >= 11 is 0. The molecule has 0 saturated carbocycles. The predicted molar refractivity (Wildman–Crippen MR) is 81.1 cm³/mol. The zero-order valence-electron chi connectivity index (χ0n) is 11.7. The molecule has 2 rings (SSSR count). The molecule has 1 unspecified atom stereocenters. The van der Waals surface area contributed by atoms with Gasteiger partial charge in [0.15, 0.2) is 0 Å². The molecule has 1 atom stereocenters. The summed E-state index contributed by atoms with van der Waals surface area (Å²) in [6, 6.07) is 11.1. The van der Waals surface area contributed by atoms with Crippen molar-refractivity contribution in [2.45, 2.75) is 19.9 Å². The third kappa shape index (κ3) is 3.42. The van der Waals surface area contributed by atoms with Crippen LogP contribution >= 0.6 is 0 Å². The molecule has 20 heavy (non-hydrogen) atoms. The molecule has 4 heteroatoms. The van der Waals surface area contributed by atoms with Crippen LogP contribution in [0.1, 0.15) is 13.8 Å². The van der Waals surface area contributed by atoms with Crippen LogP contribution in [0, 0.1) is 5.92 Å². The van der Waals surface area contributed by atoms with Gasteiger partial charge in [-0.1, -0.05) is 26.0 Å². The number of nitrogens with two attached hydrogens (primary N) is 1. The maximum Gasteiger partial charge on any atom is 0.241 e. The predicted octanol–water partition coefficient (Wildman–Crippen LogP) is 2.67. The fraction of sp³-hybridized carbons (Fsp3) is 0.250. The fourth-order valence-electron chi connectivity index (χ4n) is 1.82. The van der Waals surface area contributed by atoms with Crippen molar-refractivity contribution in [2.75, 3.05) is 5.32 Å². The van der Waals surface area contributed by atoms with E-state index in [-0.39, 0.29) is 11.8 Å². The van der Waals surface area contributed by atoms with Crippen LogP contribution in [0.5, 0.6) is 0 Å². The van der Waals surface area contributed by atoms with E-state index in [1.54, 1.807) is 12.4 Å². The van der Waals surface area contributed by atoms with Crippen molar-refractivity contribution in [2.24, 2.45) is 11.7 Å². The molecule has 1 heterocycles. The molecule has 1 aromatic carbocycles. The maximum atomic E-state index is 11.9. The molecule has 0 fully saturated rings. The second kappa shape index (κ2) is 6.30. The van der Waals surface area contributed by atoms with Gasteiger partial charge in [-0.25, -0.2) is 0 Å². The molecular weight excluding hydrogens is 250 g/mol. The van der Waals surface area contributed by atoms with E-state index in [4.69, 9.17) is 5.73 Å². The van der Waals surface area contributed by atoms with Gasteiger partial charge < -0.3 is 11.1 Å². The van der Waals surface area contributed by atoms with Gasteiger partial charge in [0, 0.05) is 18.1 Å². The molecule has 0 spiro atoms. The van der Waals surface area contributed by atoms with Crippen LogP contribution in [0.25, 0.3) is 11.1 Å². The number of hydrogen-bond acceptors (Lipinski definition) is 3. The smallest absolute Gasteiger partial charge is 0.241 e. The van der Waals surface area contributed by atoms with Gasteiger partial charge in [-0.2, -0.15) is 0 Å². The van der Waals surface area contributed by atoms with E-state index in [1.807, 2.05) is 50.2 Å². The zero-order chi connectivity index (χ0) is 14.5. The Morgan fingerprint density at radius 3 is 2.15 bits per heavy atom. The van der Waals surface area contributed by atoms with Gasteiger partial charge in [-0.15, -0.1) is 0 Å². The molecule has 0 aliphatic heterocycles. The molecule has 1 aromatic heterocycles. The number of anilines is 1. The van der Waals surface area contributed by atoms with Crippen LogP contribution in [-0.4, -0.2) is 16.9 Å². The van der Waals surface area contributed by atoms with Crippen molar-refractivity contribution in [1.82, 2.24) is 4.98 Å². The number of rotatable bonds is 4. The molecular formula is C16H19N3O. The van der Waals surface area contributed by atoms with Gasteiger partial charge in [0.2, 0.25) is 5.91 Å². The number of hydrogen-bond donors (Lipinski definition) is 2. The largest absolute Gasteiger partial charge is 0.325 e. The molecule has 3 N–H and O–H groups in total. The number of nitrogens with one attached hydrogen (secondary N) is 1. The van der Waals surface area contributed by atoms with Gasteiger partial charge >= 0.3 is 0 Å². The van der Waals surface area contributed by atoms with E-state index in [0.717, 1.165) is 16.8 Å². The Labute approximate surface area is 119 Å². The van der Waals surface area contributed by atoms with Gasteiger partial charge in [-0.3, -0.25) is 9.78 Å². The van der Waals surface area contributed by atoms with Crippen LogP contribution in [-0.2, 0) is 4.79 Å². The first kappa shape index (κ1) is 14.2. The average Bonchev–Trinajstić information content (AvgIpc) is 2.48. The van der Waals surface area contributed by atoms with Crippen LogP contribution in [0.4, 0.5) is 5.69 Å². The van der Waals surface area contributed by atoms with Crippen molar-refractivity contribution in [3.8, 4) is 11.1 Å². The van der Waals surface area contributed by atoms with E-state index in [2.05, 4.69) is 10.3 Å². The van der Waals surface area contributed by atoms with E-state index in [0.29, 0.717) is 0 Å². The Morgan fingerprint density at radius 2 is 1.60 bits per heavy atom. The molecule has 104 valence electrons. The standard InChI is InChI=1S/C16H19N3O/c1-11(2)15(17)16(20)19-14-5-3-12(4-6-14)13-7-9-18-10-8-13/h3-11,15H,17H2,1-2H3,(H,19,20). The minimum atomic E-state index is -0.491. The second-order valence-electron chi connectivity index (χ2n) is 5.07. The van der Waals surface area contributed by atoms with E-state index < -0.39 is 6.04 Å². The highest BCUT2D eigenvalue weighted by Crippen LogP contribution is 2.20. The Balaban J connectivity index is 2.08. The molecule has 4 nitrogen and oxygen atoms in total. The summed E-state index contributed by atoms with van der Waals surface area (Å²) in [7, 11) is 0. The first-order valence-electron chi connectivity index (χ1n) is 6.65. The first-order chi connectivity index (χ1) is 9.58. The lowest BCUT2D eigenvalue weighted by molar-refractivity contribution is -0.118. The number of aromatic nitrogens is 1. The topological polar surface area (TPSA) is 68.0 Å². The Morgan fingerprint density at radius 1 is 1.05 bits per heavy atom. The summed E-state index contributed by atoms with van der Waals surface area (Å²) in [5, 5.41) is 2.83. The second-order valence-corrected chi connectivity index (χ2v) is 5.07. The zero-order valence-corrected chi connectivity index (χ0v) is 11.7. The van der Waals surface area contributed by atoms with Gasteiger partial charge in [-0.05, 0) is 41.3 Å². The summed E-state index contributed by atoms with van der Waals surface area (Å²) < 4.78 is 0. The monoisotopic (exact) mass is 269 g/mol. The van der Waals surface area contributed by atoms with Crippen molar-refractivity contribution < 1.29 is 4.79 Å². The van der Waals surface area contributed by atoms with Gasteiger partial charge in [0.1, 0.15) is 0 Å². The van der Waals surface area contributed by atoms with Crippen molar-refractivity contribution in [1.29, 1.82) is 0 Å². The summed E-state index contributed by atoms with van der Waals surface area (Å²) in [6.45, 7) is 3.85. The van der Waals surface area contributed by atoms with Crippen LogP contribution in [0.3, 0.4) is 0 Å². The number of pyridine rings is 1. The lowest BCUT2D eigenvalue weighted by Crippen LogP contribution is -2.39. The molecule has 0 radical (unpaired) electrons. The average molecular weight is 269 g/mol. The van der Waals surface area contributed by atoms with Crippen LogP contribution in [0.2, 0.25) is 0 Å². The first-order valence-corrected chi connectivity index (χ1v) is 6.65. The maximum absolute atomic E-state index is 11.9. The lowest BCUT2D eigenvalue weighted by Gasteiger charge is -2.15. The highest BCUT2D eigenvalue weighted by molar-refractivity contribution is 5.95. The molecule has 0 aliphatic carbocycles. The molecule has 0 saturated heterocycles. The highest BCUT2D eigenvalue weighted by Gasteiger charge is 2.16. The Kier molecular flexibility index (Phi) is 4.48. The summed E-state index contributed by atoms with van der Waals surface area (Å²) in [5.41, 5.74) is 8.74. The van der Waals surface area contributed by atoms with Gasteiger partial charge in [0.05, 0.1) is 6.04 Å². The third-order valence-corrected chi connectivity index (χ3v) is 3.19. The highest BCUT2D eigenvalue weighted by atomic mass is 16.2. The summed E-state index contributed by atoms with van der Waals surface area (Å²) in [6.07, 6.45) is 3.51. The van der Waals surface area contributed by atoms with Crippen LogP contribution < -0.4 is 11.1 Å². The van der Waals surface area contributed by atoms with E-state index in [1.165, 1.54) is 0 Å². The lowest BCUT2D eigenvalue weighted by atomic mass is 10.0. The SMILES string of the molecule is CC(C)C(N)C(=O)Nc1ccc(-c2ccncc2)cc1. The third-order valence-electron chi connectivity index (χ3n) is 3.19. The fourth-order valence-corrected chi connectivity index (χ4v) is 1.82. The molecule has 1 amide bonds. The minimum absolute atomic E-state index is 0.117. The van der Waals surface area contributed by atoms with Crippen molar-refractivity contribution >= 4 is 11.6 Å². The molecule has 0 bridgehead atoms. The van der Waals surface area contributed by atoms with Gasteiger partial charge in [0.25, 0.3) is 0 Å². The quantitative estimate of drug-likeness (QED) is 0.896. The number of carbonyl (C=O) groups is 1. The van der Waals surface area contributed by atoms with E-state index in [9.17, 15) is 4.79 Å². The van der Waals surface area contributed by atoms with Crippen molar-refractivity contribution in [3.63, 3.8) is 0 Å². The number of nitrogens with zero attached hydrogens (tertiary/aromatic N) is 1. The van der Waals surface area contributed by atoms with Crippen molar-refractivity contribution in [3.05, 3.63) is 48.8 Å². The summed E-state index contributed by atoms with van der Waals surface area (Å²) in [4.78, 5) is 15.9.